The smallest absolute Gasteiger partial charge is 0.393 e. The predicted octanol–water partition coefficient (Wildman–Crippen LogP) is -0.708. The van der Waals surface area contributed by atoms with Crippen molar-refractivity contribution >= 4 is 39.5 Å². The van der Waals surface area contributed by atoms with Crippen molar-refractivity contribution in [1.82, 2.24) is 9.97 Å². The van der Waals surface area contributed by atoms with Crippen LogP contribution in [-0.2, 0) is 10.4 Å². The lowest BCUT2D eigenvalue weighted by molar-refractivity contribution is 0.381. The van der Waals surface area contributed by atoms with Gasteiger partial charge in [-0.3, -0.25) is 9.11 Å². The second-order valence-corrected chi connectivity index (χ2v) is 4.01. The van der Waals surface area contributed by atoms with E-state index in [4.69, 9.17) is 34.7 Å². The van der Waals surface area contributed by atoms with Crippen LogP contribution in [0.4, 0.5) is 17.3 Å². The monoisotopic (exact) mass is 269 g/mol. The minimum Gasteiger partial charge on any atom is -0.393 e. The van der Waals surface area contributed by atoms with Gasteiger partial charge in [-0.2, -0.15) is 8.42 Å². The van der Waals surface area contributed by atoms with Crippen molar-refractivity contribution in [2.75, 3.05) is 23.5 Å². The van der Waals surface area contributed by atoms with E-state index in [0.717, 1.165) is 0 Å². The molecule has 1 aromatic rings. The van der Waals surface area contributed by atoms with Crippen molar-refractivity contribution in [2.45, 2.75) is 5.16 Å². The highest BCUT2D eigenvalue weighted by atomic mass is 32.3. The van der Waals surface area contributed by atoms with Gasteiger partial charge in [-0.05, 0) is 6.26 Å². The number of anilines is 3. The molecule has 0 amide bonds. The van der Waals surface area contributed by atoms with Gasteiger partial charge in [0.25, 0.3) is 0 Å². The first kappa shape index (κ1) is 14.7. The Morgan fingerprint density at radius 2 is 1.44 bits per heavy atom. The van der Waals surface area contributed by atoms with E-state index in [0.29, 0.717) is 5.16 Å². The van der Waals surface area contributed by atoms with Gasteiger partial charge in [0, 0.05) is 0 Å². The van der Waals surface area contributed by atoms with Crippen molar-refractivity contribution < 1.29 is 17.5 Å². The number of nitrogens with zero attached hydrogens (tertiary/aromatic N) is 2. The van der Waals surface area contributed by atoms with Gasteiger partial charge < -0.3 is 17.2 Å². The first-order chi connectivity index (χ1) is 7.15. The predicted molar refractivity (Wildman–Crippen MR) is 61.2 cm³/mol. The van der Waals surface area contributed by atoms with E-state index in [9.17, 15) is 0 Å². The fourth-order valence-corrected chi connectivity index (χ4v) is 0.953. The molecule has 0 aliphatic heterocycles. The van der Waals surface area contributed by atoms with Gasteiger partial charge in [-0.25, -0.2) is 9.97 Å². The van der Waals surface area contributed by atoms with Crippen LogP contribution in [0.15, 0.2) is 5.16 Å². The molecule has 0 saturated heterocycles. The fourth-order valence-electron chi connectivity index (χ4n) is 0.574. The van der Waals surface area contributed by atoms with E-state index in [1.807, 2.05) is 6.26 Å². The summed E-state index contributed by atoms with van der Waals surface area (Å²) in [5.74, 6) is 0.476. The zero-order valence-corrected chi connectivity index (χ0v) is 9.79. The van der Waals surface area contributed by atoms with Crippen molar-refractivity contribution in [2.24, 2.45) is 0 Å². The Balaban J connectivity index is 0.000000385. The molecule has 0 unspecified atom stereocenters. The number of hydrogen-bond acceptors (Lipinski definition) is 8. The van der Waals surface area contributed by atoms with Gasteiger partial charge in [0.05, 0.1) is 0 Å². The molecule has 0 spiro atoms. The SMILES string of the molecule is CSc1nc(N)c(N)c(N)n1.O=S(=O)(O)O. The lowest BCUT2D eigenvalue weighted by atomic mass is 10.4. The summed E-state index contributed by atoms with van der Waals surface area (Å²) in [6.07, 6.45) is 1.84. The zero-order valence-electron chi connectivity index (χ0n) is 8.15. The third-order valence-corrected chi connectivity index (χ3v) is 1.71. The van der Waals surface area contributed by atoms with Crippen LogP contribution in [0.3, 0.4) is 0 Å². The number of rotatable bonds is 1. The van der Waals surface area contributed by atoms with Gasteiger partial charge in [-0.15, -0.1) is 0 Å². The molecule has 11 heteroatoms. The van der Waals surface area contributed by atoms with Gasteiger partial charge in [0.2, 0.25) is 0 Å². The molecule has 0 atom stereocenters. The Morgan fingerprint density at radius 1 is 1.12 bits per heavy atom. The molecule has 0 aliphatic rings. The zero-order chi connectivity index (χ0) is 12.9. The fraction of sp³-hybridized carbons (Fsp3) is 0.200. The Bertz CT molecular complexity index is 431. The van der Waals surface area contributed by atoms with Gasteiger partial charge in [0.1, 0.15) is 5.69 Å². The second-order valence-electron chi connectivity index (χ2n) is 2.34. The van der Waals surface area contributed by atoms with Crippen LogP contribution in [0.5, 0.6) is 0 Å². The van der Waals surface area contributed by atoms with Gasteiger partial charge >= 0.3 is 10.4 Å². The molecule has 16 heavy (non-hydrogen) atoms. The van der Waals surface area contributed by atoms with Crippen LogP contribution in [-0.4, -0.2) is 33.7 Å². The van der Waals surface area contributed by atoms with Crippen molar-refractivity contribution in [3.8, 4) is 0 Å². The van der Waals surface area contributed by atoms with E-state index in [1.54, 1.807) is 0 Å². The molecule has 92 valence electrons. The van der Waals surface area contributed by atoms with Crippen LogP contribution in [0.25, 0.3) is 0 Å². The maximum Gasteiger partial charge on any atom is 0.394 e. The minimum atomic E-state index is -4.67. The summed E-state index contributed by atoms with van der Waals surface area (Å²) in [4.78, 5) is 7.75. The third-order valence-electron chi connectivity index (χ3n) is 1.17. The minimum absolute atomic E-state index is 0.238. The molecule has 9 nitrogen and oxygen atoms in total. The molecule has 1 aromatic heterocycles. The summed E-state index contributed by atoms with van der Waals surface area (Å²) in [6, 6.07) is 0. The van der Waals surface area contributed by atoms with E-state index >= 15 is 0 Å². The first-order valence-corrected chi connectivity index (χ1v) is 6.19. The second kappa shape index (κ2) is 5.69. The molecule has 0 radical (unpaired) electrons. The molecule has 0 aliphatic carbocycles. The topological polar surface area (TPSA) is 178 Å². The highest BCUT2D eigenvalue weighted by Crippen LogP contribution is 2.21. The van der Waals surface area contributed by atoms with Crippen LogP contribution in [0.2, 0.25) is 0 Å². The van der Waals surface area contributed by atoms with E-state index in [-0.39, 0.29) is 17.3 Å². The lowest BCUT2D eigenvalue weighted by Gasteiger charge is -2.03. The van der Waals surface area contributed by atoms with Crippen molar-refractivity contribution in [3.05, 3.63) is 0 Å². The standard InChI is InChI=1S/C5H9N5S.H2O4S/c1-11-5-9-3(7)2(6)4(8)10-5;1-5(2,3)4/h6H2,1H3,(H4,7,8,9,10);(H2,1,2,3,4). The molecule has 1 heterocycles. The van der Waals surface area contributed by atoms with Gasteiger partial charge in [-0.1, -0.05) is 11.8 Å². The molecule has 0 fully saturated rings. The number of thioether (sulfide) groups is 1. The van der Waals surface area contributed by atoms with Crippen molar-refractivity contribution in [1.29, 1.82) is 0 Å². The maximum absolute atomic E-state index is 8.74. The van der Waals surface area contributed by atoms with E-state index in [1.165, 1.54) is 11.8 Å². The third kappa shape index (κ3) is 6.23. The molecule has 0 saturated carbocycles. The van der Waals surface area contributed by atoms with Crippen LogP contribution < -0.4 is 17.2 Å². The average Bonchev–Trinajstić information content (AvgIpc) is 2.10. The number of hydrogen-bond donors (Lipinski definition) is 5. The van der Waals surface area contributed by atoms with Crippen LogP contribution >= 0.6 is 11.8 Å². The first-order valence-electron chi connectivity index (χ1n) is 3.57. The normalized spacial score (nSPS) is 10.4. The lowest BCUT2D eigenvalue weighted by Crippen LogP contribution is -2.05. The van der Waals surface area contributed by atoms with Crippen LogP contribution in [0.1, 0.15) is 0 Å². The Labute approximate surface area is 96.0 Å². The number of nitrogens with two attached hydrogens (primary N) is 3. The summed E-state index contributed by atoms with van der Waals surface area (Å²) in [6.45, 7) is 0. The maximum atomic E-state index is 8.74. The summed E-state index contributed by atoms with van der Waals surface area (Å²) < 4.78 is 31.6. The molecular weight excluding hydrogens is 258 g/mol. The highest BCUT2D eigenvalue weighted by molar-refractivity contribution is 7.98. The Morgan fingerprint density at radius 3 is 1.69 bits per heavy atom. The Hall–Kier alpha value is -1.30. The average molecular weight is 269 g/mol. The summed E-state index contributed by atoms with van der Waals surface area (Å²) in [7, 11) is -4.67. The number of nitrogen functional groups attached to an aromatic ring is 3. The number of aromatic nitrogens is 2. The molecule has 8 N–H and O–H groups in total. The van der Waals surface area contributed by atoms with Crippen LogP contribution in [0, 0.1) is 0 Å². The summed E-state index contributed by atoms with van der Waals surface area (Å²) in [5, 5.41) is 0.536. The molecule has 0 bridgehead atoms. The Kier molecular flexibility index (Phi) is 5.23. The largest absolute Gasteiger partial charge is 0.394 e. The van der Waals surface area contributed by atoms with E-state index < -0.39 is 10.4 Å². The molecule has 0 aromatic carbocycles. The van der Waals surface area contributed by atoms with Crippen molar-refractivity contribution in [3.63, 3.8) is 0 Å². The van der Waals surface area contributed by atoms with E-state index in [2.05, 4.69) is 9.97 Å². The molecule has 1 rings (SSSR count). The quantitative estimate of drug-likeness (QED) is 0.248. The molecular formula is C5H11N5O4S2. The van der Waals surface area contributed by atoms with Gasteiger partial charge in [0.15, 0.2) is 16.8 Å². The summed E-state index contributed by atoms with van der Waals surface area (Å²) >= 11 is 1.37. The highest BCUT2D eigenvalue weighted by Gasteiger charge is 2.04. The summed E-state index contributed by atoms with van der Waals surface area (Å²) in [5.41, 5.74) is 16.5.